The molecule has 0 aliphatic rings. The van der Waals surface area contributed by atoms with E-state index in [1.54, 1.807) is 31.2 Å². The van der Waals surface area contributed by atoms with E-state index in [9.17, 15) is 27.2 Å². The summed E-state index contributed by atoms with van der Waals surface area (Å²) in [7, 11) is 1.41. The second-order valence-electron chi connectivity index (χ2n) is 7.34. The van der Waals surface area contributed by atoms with Crippen LogP contribution in [0.25, 0.3) is 11.4 Å². The number of anilines is 1. The number of para-hydroxylation sites is 1. The number of hydrogen-bond acceptors (Lipinski definition) is 5. The summed E-state index contributed by atoms with van der Waals surface area (Å²) in [4.78, 5) is 28.4. The predicted octanol–water partition coefficient (Wildman–Crippen LogP) is 4.71. The summed E-state index contributed by atoms with van der Waals surface area (Å²) >= 11 is 0. The summed E-state index contributed by atoms with van der Waals surface area (Å²) in [5.41, 5.74) is 0.330. The number of benzene rings is 2. The number of carbonyl (C=O) groups is 2. The minimum Gasteiger partial charge on any atom is -0.480 e. The van der Waals surface area contributed by atoms with Crippen LogP contribution in [0.3, 0.4) is 0 Å². The molecule has 0 spiro atoms. The van der Waals surface area contributed by atoms with Crippen LogP contribution in [0.1, 0.15) is 40.4 Å². The Morgan fingerprint density at radius 1 is 1.18 bits per heavy atom. The SMILES string of the molecule is CC(=O)c1nc(-c2cc(OC(C)C(F)(F)F)c(C(=O)Nc3ccccc3C)cc2F)nn1C. The highest BCUT2D eigenvalue weighted by molar-refractivity contribution is 6.07. The fraction of sp³-hybridized carbons (Fsp3) is 0.273. The lowest BCUT2D eigenvalue weighted by Crippen LogP contribution is -2.32. The molecule has 3 aromatic rings. The van der Waals surface area contributed by atoms with E-state index in [4.69, 9.17) is 4.74 Å². The van der Waals surface area contributed by atoms with Crippen LogP contribution >= 0.6 is 0 Å². The molecule has 0 aliphatic heterocycles. The molecule has 1 unspecified atom stereocenters. The fourth-order valence-corrected chi connectivity index (χ4v) is 2.96. The van der Waals surface area contributed by atoms with E-state index < -0.39 is 41.1 Å². The molecule has 0 fully saturated rings. The maximum Gasteiger partial charge on any atom is 0.425 e. The Bertz CT molecular complexity index is 1220. The number of Topliss-reactive ketones (excluding diaryl/α,β-unsaturated/α-hetero) is 1. The largest absolute Gasteiger partial charge is 0.480 e. The zero-order valence-electron chi connectivity index (χ0n) is 18.1. The van der Waals surface area contributed by atoms with E-state index in [0.717, 1.165) is 23.7 Å². The zero-order chi connectivity index (χ0) is 24.5. The van der Waals surface area contributed by atoms with Gasteiger partial charge in [-0.25, -0.2) is 14.1 Å². The number of ketones is 1. The Morgan fingerprint density at radius 2 is 1.85 bits per heavy atom. The molecule has 0 saturated carbocycles. The molecule has 174 valence electrons. The van der Waals surface area contributed by atoms with Crippen LogP contribution in [0.15, 0.2) is 36.4 Å². The first-order chi connectivity index (χ1) is 15.4. The maximum absolute atomic E-state index is 15.0. The van der Waals surface area contributed by atoms with Gasteiger partial charge >= 0.3 is 6.18 Å². The summed E-state index contributed by atoms with van der Waals surface area (Å²) in [5, 5.41) is 6.50. The summed E-state index contributed by atoms with van der Waals surface area (Å²) in [6.45, 7) is 3.73. The summed E-state index contributed by atoms with van der Waals surface area (Å²) < 4.78 is 60.6. The van der Waals surface area contributed by atoms with Gasteiger partial charge in [0.1, 0.15) is 11.6 Å². The average Bonchev–Trinajstić information content (AvgIpc) is 3.11. The molecular formula is C22H20F4N4O3. The number of rotatable bonds is 6. The van der Waals surface area contributed by atoms with Crippen molar-refractivity contribution in [1.82, 2.24) is 14.8 Å². The molecule has 0 saturated heterocycles. The van der Waals surface area contributed by atoms with Crippen molar-refractivity contribution in [2.24, 2.45) is 7.05 Å². The second-order valence-corrected chi connectivity index (χ2v) is 7.34. The van der Waals surface area contributed by atoms with Crippen LogP contribution < -0.4 is 10.1 Å². The lowest BCUT2D eigenvalue weighted by Gasteiger charge is -2.20. The molecule has 11 heteroatoms. The first-order valence-electron chi connectivity index (χ1n) is 9.74. The van der Waals surface area contributed by atoms with Crippen LogP contribution in [-0.4, -0.2) is 38.7 Å². The van der Waals surface area contributed by atoms with Gasteiger partial charge in [-0.3, -0.25) is 9.59 Å². The van der Waals surface area contributed by atoms with E-state index in [1.807, 2.05) is 0 Å². The number of nitrogens with one attached hydrogen (secondary N) is 1. The number of halogens is 4. The quantitative estimate of drug-likeness (QED) is 0.422. The van der Waals surface area contributed by atoms with Gasteiger partial charge in [-0.15, -0.1) is 0 Å². The molecule has 7 nitrogen and oxygen atoms in total. The molecule has 2 aromatic carbocycles. The van der Waals surface area contributed by atoms with Crippen LogP contribution in [-0.2, 0) is 7.05 Å². The van der Waals surface area contributed by atoms with Gasteiger partial charge in [-0.1, -0.05) is 18.2 Å². The Balaban J connectivity index is 2.09. The third kappa shape index (κ3) is 5.18. The topological polar surface area (TPSA) is 86.1 Å². The van der Waals surface area contributed by atoms with Crippen molar-refractivity contribution in [2.75, 3.05) is 5.32 Å². The van der Waals surface area contributed by atoms with Gasteiger partial charge in [-0.05, 0) is 37.6 Å². The maximum atomic E-state index is 15.0. The number of amides is 1. The van der Waals surface area contributed by atoms with Gasteiger partial charge in [0, 0.05) is 19.7 Å². The van der Waals surface area contributed by atoms with Crippen molar-refractivity contribution in [1.29, 1.82) is 0 Å². The Hall–Kier alpha value is -3.76. The lowest BCUT2D eigenvalue weighted by atomic mass is 10.1. The fourth-order valence-electron chi connectivity index (χ4n) is 2.96. The molecule has 33 heavy (non-hydrogen) atoms. The van der Waals surface area contributed by atoms with Gasteiger partial charge in [0.2, 0.25) is 0 Å². The number of nitrogens with zero attached hydrogens (tertiary/aromatic N) is 3. The number of hydrogen-bond donors (Lipinski definition) is 1. The smallest absolute Gasteiger partial charge is 0.425 e. The number of carbonyl (C=O) groups excluding carboxylic acids is 2. The molecule has 1 aromatic heterocycles. The minimum atomic E-state index is -4.73. The van der Waals surface area contributed by atoms with Crippen LogP contribution in [0.5, 0.6) is 5.75 Å². The van der Waals surface area contributed by atoms with E-state index in [-0.39, 0.29) is 17.2 Å². The van der Waals surface area contributed by atoms with Crippen LogP contribution in [0.4, 0.5) is 23.2 Å². The van der Waals surface area contributed by atoms with Crippen molar-refractivity contribution in [3.05, 3.63) is 59.2 Å². The highest BCUT2D eigenvalue weighted by atomic mass is 19.4. The number of alkyl halides is 3. The second kappa shape index (κ2) is 9.00. The van der Waals surface area contributed by atoms with Crippen LogP contribution in [0, 0.1) is 12.7 Å². The molecule has 1 N–H and O–H groups in total. The van der Waals surface area contributed by atoms with E-state index in [1.165, 1.54) is 14.0 Å². The molecule has 1 atom stereocenters. The minimum absolute atomic E-state index is 0.0723. The zero-order valence-corrected chi connectivity index (χ0v) is 18.1. The van der Waals surface area contributed by atoms with Gasteiger partial charge in [0.05, 0.1) is 11.1 Å². The Labute approximate surface area is 186 Å². The standard InChI is InChI=1S/C22H20F4N4O3/c1-11-7-5-6-8-17(11)27-21(32)15-9-16(23)14(10-18(15)33-13(3)22(24,25)26)19-28-20(12(2)31)30(4)29-19/h5-10,13H,1-4H3,(H,27,32). The molecule has 0 aliphatic carbocycles. The Morgan fingerprint density at radius 3 is 2.42 bits per heavy atom. The van der Waals surface area contributed by atoms with Crippen LogP contribution in [0.2, 0.25) is 0 Å². The predicted molar refractivity (Wildman–Crippen MR) is 112 cm³/mol. The summed E-state index contributed by atoms with van der Waals surface area (Å²) in [6.07, 6.45) is -7.02. The summed E-state index contributed by atoms with van der Waals surface area (Å²) in [5.74, 6) is -3.10. The van der Waals surface area contributed by atoms with Gasteiger partial charge in [-0.2, -0.15) is 18.3 Å². The number of ether oxygens (including phenoxy) is 1. The lowest BCUT2D eigenvalue weighted by molar-refractivity contribution is -0.189. The number of aromatic nitrogens is 3. The molecule has 3 rings (SSSR count). The molecule has 1 amide bonds. The molecular weight excluding hydrogens is 444 g/mol. The Kier molecular flexibility index (Phi) is 6.52. The third-order valence-corrected chi connectivity index (χ3v) is 4.79. The monoisotopic (exact) mass is 464 g/mol. The van der Waals surface area contributed by atoms with E-state index in [2.05, 4.69) is 15.4 Å². The van der Waals surface area contributed by atoms with Gasteiger partial charge < -0.3 is 10.1 Å². The highest BCUT2D eigenvalue weighted by Gasteiger charge is 2.39. The summed E-state index contributed by atoms with van der Waals surface area (Å²) in [6, 6.07) is 8.40. The normalized spacial score (nSPS) is 12.4. The molecule has 0 bridgehead atoms. The highest BCUT2D eigenvalue weighted by Crippen LogP contribution is 2.33. The molecule has 0 radical (unpaired) electrons. The first-order valence-corrected chi connectivity index (χ1v) is 9.74. The van der Waals surface area contributed by atoms with Gasteiger partial charge in [0.15, 0.2) is 23.5 Å². The van der Waals surface area contributed by atoms with Gasteiger partial charge in [0.25, 0.3) is 5.91 Å². The number of aryl methyl sites for hydroxylation is 2. The van der Waals surface area contributed by atoms with Crippen molar-refractivity contribution in [3.8, 4) is 17.1 Å². The van der Waals surface area contributed by atoms with Crippen molar-refractivity contribution < 1.29 is 31.9 Å². The third-order valence-electron chi connectivity index (χ3n) is 4.79. The van der Waals surface area contributed by atoms with Crippen molar-refractivity contribution in [3.63, 3.8) is 0 Å². The van der Waals surface area contributed by atoms with E-state index in [0.29, 0.717) is 11.3 Å². The van der Waals surface area contributed by atoms with E-state index >= 15 is 0 Å². The average molecular weight is 464 g/mol. The van der Waals surface area contributed by atoms with Crippen molar-refractivity contribution in [2.45, 2.75) is 33.1 Å². The first kappa shape index (κ1) is 23.9. The molecule has 1 heterocycles. The van der Waals surface area contributed by atoms with Crippen molar-refractivity contribution >= 4 is 17.4 Å².